The molecule has 0 N–H and O–H groups in total. The summed E-state index contributed by atoms with van der Waals surface area (Å²) in [5.74, 6) is -0.0139. The van der Waals surface area contributed by atoms with Crippen LogP contribution in [0, 0.1) is 0 Å². The molecule has 2 aromatic heterocycles. The van der Waals surface area contributed by atoms with Crippen LogP contribution in [0.15, 0.2) is 22.8 Å². The van der Waals surface area contributed by atoms with Crippen LogP contribution >= 0.6 is 11.3 Å². The third-order valence-corrected chi connectivity index (χ3v) is 2.99. The average Bonchev–Trinajstić information content (AvgIpc) is 2.57. The number of azo groups is 1. The van der Waals surface area contributed by atoms with Gasteiger partial charge in [-0.1, -0.05) is 0 Å². The maximum atomic E-state index is 11.6. The summed E-state index contributed by atoms with van der Waals surface area (Å²) in [6, 6.07) is 0. The van der Waals surface area contributed by atoms with Gasteiger partial charge in [-0.3, -0.25) is 4.79 Å². The predicted molar refractivity (Wildman–Crippen MR) is 51.1 cm³/mol. The maximum Gasteiger partial charge on any atom is 0.191 e. The summed E-state index contributed by atoms with van der Waals surface area (Å²) in [6.45, 7) is 0.128. The second-order valence-electron chi connectivity index (χ2n) is 2.84. The number of ketones is 1. The first-order chi connectivity index (χ1) is 6.86. The molecule has 0 aliphatic carbocycles. The molecule has 14 heavy (non-hydrogen) atoms. The fraction of sp³-hybridized carbons (Fsp3) is 0.125. The predicted octanol–water partition coefficient (Wildman–Crippen LogP) is 1.97. The fourth-order valence-corrected chi connectivity index (χ4v) is 2.38. The third-order valence-electron chi connectivity index (χ3n) is 1.99. The minimum Gasteiger partial charge on any atom is -0.292 e. The van der Waals surface area contributed by atoms with E-state index in [4.69, 9.17) is 0 Å². The second kappa shape index (κ2) is 2.65. The molecule has 6 heteroatoms. The molecule has 0 fully saturated rings. The van der Waals surface area contributed by atoms with E-state index in [0.29, 0.717) is 16.1 Å². The van der Waals surface area contributed by atoms with Crippen LogP contribution < -0.4 is 0 Å². The lowest BCUT2D eigenvalue weighted by molar-refractivity contribution is 0.1000. The summed E-state index contributed by atoms with van der Waals surface area (Å²) in [5, 5.41) is 8.32. The Morgan fingerprint density at radius 1 is 1.43 bits per heavy atom. The van der Waals surface area contributed by atoms with Gasteiger partial charge in [-0.05, 0) is 0 Å². The molecule has 2 aromatic rings. The molecule has 0 saturated carbocycles. The van der Waals surface area contributed by atoms with Crippen LogP contribution in [0.5, 0.6) is 0 Å². The van der Waals surface area contributed by atoms with Gasteiger partial charge in [0, 0.05) is 6.20 Å². The number of hydrogen-bond acceptors (Lipinski definition) is 6. The molecule has 3 heterocycles. The summed E-state index contributed by atoms with van der Waals surface area (Å²) in [5.41, 5.74) is 1.30. The largest absolute Gasteiger partial charge is 0.292 e. The summed E-state index contributed by atoms with van der Waals surface area (Å²) in [4.78, 5) is 19.5. The van der Waals surface area contributed by atoms with E-state index in [1.807, 2.05) is 0 Å². The number of rotatable bonds is 0. The molecule has 0 aromatic carbocycles. The zero-order valence-corrected chi connectivity index (χ0v) is 7.78. The number of nitrogens with zero attached hydrogens (tertiary/aromatic N) is 4. The zero-order chi connectivity index (χ0) is 9.54. The summed E-state index contributed by atoms with van der Waals surface area (Å²) < 4.78 is 0.881. The second-order valence-corrected chi connectivity index (χ2v) is 3.87. The van der Waals surface area contributed by atoms with Crippen molar-refractivity contribution < 1.29 is 4.79 Å². The monoisotopic (exact) mass is 204 g/mol. The van der Waals surface area contributed by atoms with Gasteiger partial charge >= 0.3 is 0 Å². The fourth-order valence-electron chi connectivity index (χ4n) is 1.40. The summed E-state index contributed by atoms with van der Waals surface area (Å²) in [6.07, 6.45) is 3.13. The van der Waals surface area contributed by atoms with Crippen LogP contribution in [0.3, 0.4) is 0 Å². The van der Waals surface area contributed by atoms with Gasteiger partial charge in [-0.2, -0.15) is 5.11 Å². The van der Waals surface area contributed by atoms with Crippen molar-refractivity contribution in [3.63, 3.8) is 0 Å². The lowest BCUT2D eigenvalue weighted by Crippen LogP contribution is -2.05. The van der Waals surface area contributed by atoms with Crippen molar-refractivity contribution in [1.82, 2.24) is 9.97 Å². The maximum absolute atomic E-state index is 11.6. The van der Waals surface area contributed by atoms with Gasteiger partial charge in [-0.25, -0.2) is 9.97 Å². The van der Waals surface area contributed by atoms with E-state index in [9.17, 15) is 4.79 Å². The van der Waals surface area contributed by atoms with Crippen LogP contribution in [0.25, 0.3) is 10.2 Å². The van der Waals surface area contributed by atoms with Crippen molar-refractivity contribution >= 4 is 32.3 Å². The molecule has 1 aliphatic heterocycles. The molecule has 0 atom stereocenters. The van der Waals surface area contributed by atoms with Crippen LogP contribution in [0.4, 0.5) is 5.00 Å². The zero-order valence-electron chi connectivity index (χ0n) is 6.97. The first-order valence-electron chi connectivity index (χ1n) is 3.99. The molecular formula is C8H4N4OS. The Balaban J connectivity index is 2.46. The molecule has 68 valence electrons. The van der Waals surface area contributed by atoms with Crippen molar-refractivity contribution in [2.24, 2.45) is 10.2 Å². The van der Waals surface area contributed by atoms with Crippen molar-refractivity contribution in [2.45, 2.75) is 0 Å². The molecule has 0 spiro atoms. The third kappa shape index (κ3) is 0.912. The van der Waals surface area contributed by atoms with Gasteiger partial charge in [0.1, 0.15) is 12.9 Å². The molecular weight excluding hydrogens is 200 g/mol. The standard InChI is InChI=1S/C8H4N4OS/c13-4-1-11-12-8-6(4)7-5(14-8)2-9-3-10-7/h2-3H,1H2. The number of aromatic nitrogens is 2. The van der Waals surface area contributed by atoms with E-state index < -0.39 is 0 Å². The molecule has 0 saturated heterocycles. The number of carbonyl (C=O) groups is 1. The van der Waals surface area contributed by atoms with Crippen molar-refractivity contribution in [3.8, 4) is 0 Å². The van der Waals surface area contributed by atoms with Gasteiger partial charge < -0.3 is 0 Å². The van der Waals surface area contributed by atoms with Crippen molar-refractivity contribution in [3.05, 3.63) is 18.1 Å². The van der Waals surface area contributed by atoms with Gasteiger partial charge in [0.2, 0.25) is 0 Å². The molecule has 0 amide bonds. The van der Waals surface area contributed by atoms with Crippen LogP contribution in [-0.4, -0.2) is 22.3 Å². The van der Waals surface area contributed by atoms with Crippen LogP contribution in [-0.2, 0) is 0 Å². The van der Waals surface area contributed by atoms with E-state index in [0.717, 1.165) is 4.70 Å². The highest BCUT2D eigenvalue weighted by atomic mass is 32.1. The Labute approximate surface area is 82.5 Å². The van der Waals surface area contributed by atoms with E-state index in [1.165, 1.54) is 17.7 Å². The summed E-state index contributed by atoms with van der Waals surface area (Å²) >= 11 is 1.40. The molecule has 5 nitrogen and oxygen atoms in total. The van der Waals surface area contributed by atoms with Crippen LogP contribution in [0.2, 0.25) is 0 Å². The Bertz CT molecular complexity index is 559. The normalized spacial score (nSPS) is 14.7. The minimum atomic E-state index is -0.0139. The number of fused-ring (bicyclic) bond motifs is 3. The summed E-state index contributed by atoms with van der Waals surface area (Å²) in [7, 11) is 0. The van der Waals surface area contributed by atoms with Crippen LogP contribution in [0.1, 0.15) is 10.4 Å². The topological polar surface area (TPSA) is 67.6 Å². The van der Waals surface area contributed by atoms with Gasteiger partial charge in [0.05, 0.1) is 15.8 Å². The van der Waals surface area contributed by atoms with Gasteiger partial charge in [0.15, 0.2) is 10.8 Å². The average molecular weight is 204 g/mol. The highest BCUT2D eigenvalue weighted by Gasteiger charge is 2.22. The van der Waals surface area contributed by atoms with Crippen molar-refractivity contribution in [2.75, 3.05) is 6.54 Å². The van der Waals surface area contributed by atoms with Crippen molar-refractivity contribution in [1.29, 1.82) is 0 Å². The lowest BCUT2D eigenvalue weighted by atomic mass is 10.1. The number of hydrogen-bond donors (Lipinski definition) is 0. The molecule has 0 radical (unpaired) electrons. The SMILES string of the molecule is O=C1CN=Nc2sc3cncnc3c21. The Hall–Kier alpha value is -1.69. The van der Waals surface area contributed by atoms with E-state index >= 15 is 0 Å². The Kier molecular flexibility index (Phi) is 1.45. The lowest BCUT2D eigenvalue weighted by Gasteiger charge is -2.00. The van der Waals surface area contributed by atoms with E-state index in [-0.39, 0.29) is 12.3 Å². The number of carbonyl (C=O) groups excluding carboxylic acids is 1. The number of thiophene rings is 1. The Morgan fingerprint density at radius 3 is 3.29 bits per heavy atom. The van der Waals surface area contributed by atoms with Gasteiger partial charge in [0.25, 0.3) is 0 Å². The molecule has 0 unspecified atom stereocenters. The highest BCUT2D eigenvalue weighted by molar-refractivity contribution is 7.23. The smallest absolute Gasteiger partial charge is 0.191 e. The Morgan fingerprint density at radius 2 is 2.36 bits per heavy atom. The first-order valence-corrected chi connectivity index (χ1v) is 4.81. The number of Topliss-reactive ketones (excluding diaryl/α,β-unsaturated/α-hetero) is 1. The quantitative estimate of drug-likeness (QED) is 0.658. The van der Waals surface area contributed by atoms with E-state index in [1.54, 1.807) is 6.20 Å². The molecule has 3 rings (SSSR count). The van der Waals surface area contributed by atoms with Gasteiger partial charge in [-0.15, -0.1) is 16.5 Å². The molecule has 1 aliphatic rings. The minimum absolute atomic E-state index is 0.0139. The van der Waals surface area contributed by atoms with E-state index in [2.05, 4.69) is 20.2 Å². The first kappa shape index (κ1) is 7.69. The highest BCUT2D eigenvalue weighted by Crippen LogP contribution is 2.38. The molecule has 0 bridgehead atoms.